The molecule has 1 aromatic rings. The zero-order valence-corrected chi connectivity index (χ0v) is 13.4. The number of hydrogen-bond acceptors (Lipinski definition) is 6. The molecule has 0 amide bonds. The van der Waals surface area contributed by atoms with Crippen LogP contribution in [-0.4, -0.2) is 56.9 Å². The van der Waals surface area contributed by atoms with Gasteiger partial charge in [0.1, 0.15) is 0 Å². The Morgan fingerprint density at radius 2 is 1.31 bits per heavy atom. The van der Waals surface area contributed by atoms with Crippen molar-refractivity contribution in [2.24, 2.45) is 0 Å². The Bertz CT molecular complexity index is 784. The van der Waals surface area contributed by atoms with Crippen LogP contribution in [0.25, 0.3) is 0 Å². The Kier molecular flexibility index (Phi) is 6.20. The molecule has 138 valence electrons. The van der Waals surface area contributed by atoms with Crippen LogP contribution in [0.15, 0.2) is 18.2 Å². The number of carbonyl (C=O) groups is 5. The van der Waals surface area contributed by atoms with E-state index in [1.807, 2.05) is 0 Å². The molecule has 0 heterocycles. The van der Waals surface area contributed by atoms with Crippen LogP contribution in [0.5, 0.6) is 0 Å². The maximum Gasteiger partial charge on any atom is 0.336 e. The highest BCUT2D eigenvalue weighted by atomic mass is 16.5. The highest BCUT2D eigenvalue weighted by Crippen LogP contribution is 2.26. The van der Waals surface area contributed by atoms with Crippen LogP contribution in [0.2, 0.25) is 0 Å². The van der Waals surface area contributed by atoms with Crippen LogP contribution in [0.3, 0.4) is 0 Å². The van der Waals surface area contributed by atoms with Crippen LogP contribution in [0, 0.1) is 0 Å². The number of ether oxygens (including phenoxy) is 1. The lowest BCUT2D eigenvalue weighted by molar-refractivity contribution is -0.138. The molecule has 0 bridgehead atoms. The zero-order chi connectivity index (χ0) is 20.2. The topological polar surface area (TPSA) is 176 Å². The molecular weight excluding hydrogens is 352 g/mol. The SMILES string of the molecule is C=C(C)C(=O)OCCc1c(C(=O)O)c(C(=O)O)cc(C(=O)O)c1C(=O)O. The lowest BCUT2D eigenvalue weighted by Crippen LogP contribution is -2.22. The third-order valence-electron chi connectivity index (χ3n) is 3.25. The highest BCUT2D eigenvalue weighted by molar-refractivity contribution is 6.10. The van der Waals surface area contributed by atoms with Crippen LogP contribution < -0.4 is 0 Å². The molecule has 0 spiro atoms. The van der Waals surface area contributed by atoms with Crippen molar-refractivity contribution in [3.63, 3.8) is 0 Å². The maximum atomic E-state index is 11.5. The number of carboxylic acid groups (broad SMARTS) is 4. The van der Waals surface area contributed by atoms with E-state index in [-0.39, 0.29) is 5.57 Å². The minimum absolute atomic E-state index is 0.0347. The lowest BCUT2D eigenvalue weighted by Gasteiger charge is -2.15. The van der Waals surface area contributed by atoms with Crippen LogP contribution in [0.4, 0.5) is 0 Å². The van der Waals surface area contributed by atoms with Crippen LogP contribution >= 0.6 is 0 Å². The predicted octanol–water partition coefficient (Wildman–Crippen LogP) is 1.14. The summed E-state index contributed by atoms with van der Waals surface area (Å²) < 4.78 is 4.76. The molecule has 0 fully saturated rings. The van der Waals surface area contributed by atoms with Crippen molar-refractivity contribution in [2.75, 3.05) is 6.61 Å². The second-order valence-corrected chi connectivity index (χ2v) is 5.09. The van der Waals surface area contributed by atoms with Crippen molar-refractivity contribution in [1.29, 1.82) is 0 Å². The predicted molar refractivity (Wildman–Crippen MR) is 83.8 cm³/mol. The summed E-state index contributed by atoms with van der Waals surface area (Å²) >= 11 is 0. The first-order valence-corrected chi connectivity index (χ1v) is 6.94. The zero-order valence-electron chi connectivity index (χ0n) is 13.4. The first kappa shape index (κ1) is 20.4. The summed E-state index contributed by atoms with van der Waals surface area (Å²) in [6.45, 7) is 4.17. The second kappa shape index (κ2) is 7.92. The highest BCUT2D eigenvalue weighted by Gasteiger charge is 2.31. The van der Waals surface area contributed by atoms with E-state index in [0.29, 0.717) is 6.07 Å². The van der Waals surface area contributed by atoms with E-state index < -0.39 is 70.7 Å². The molecule has 0 aliphatic heterocycles. The van der Waals surface area contributed by atoms with Gasteiger partial charge in [-0.1, -0.05) is 6.58 Å². The van der Waals surface area contributed by atoms with E-state index in [9.17, 15) is 34.2 Å². The molecule has 1 aromatic carbocycles. The number of carboxylic acids is 4. The summed E-state index contributed by atoms with van der Waals surface area (Å²) in [5.74, 6) is -7.85. The molecule has 10 heteroatoms. The van der Waals surface area contributed by atoms with E-state index in [1.54, 1.807) is 0 Å². The summed E-state index contributed by atoms with van der Waals surface area (Å²) in [6, 6.07) is 0.473. The number of hydrogen-bond donors (Lipinski definition) is 4. The minimum Gasteiger partial charge on any atom is -0.478 e. The van der Waals surface area contributed by atoms with E-state index in [4.69, 9.17) is 14.9 Å². The number of aromatic carboxylic acids is 4. The average Bonchev–Trinajstić information content (AvgIpc) is 2.52. The van der Waals surface area contributed by atoms with Gasteiger partial charge >= 0.3 is 29.8 Å². The van der Waals surface area contributed by atoms with Gasteiger partial charge in [-0.2, -0.15) is 0 Å². The quantitative estimate of drug-likeness (QED) is 0.385. The van der Waals surface area contributed by atoms with Gasteiger partial charge in [0, 0.05) is 12.0 Å². The summed E-state index contributed by atoms with van der Waals surface area (Å²) in [6.07, 6.45) is -0.524. The molecule has 0 aliphatic rings. The molecule has 4 N–H and O–H groups in total. The third kappa shape index (κ3) is 4.23. The fourth-order valence-electron chi connectivity index (χ4n) is 2.18. The smallest absolute Gasteiger partial charge is 0.336 e. The fraction of sp³-hybridized carbons (Fsp3) is 0.188. The van der Waals surface area contributed by atoms with Gasteiger partial charge < -0.3 is 25.2 Å². The van der Waals surface area contributed by atoms with Crippen molar-refractivity contribution in [3.8, 4) is 0 Å². The monoisotopic (exact) mass is 366 g/mol. The van der Waals surface area contributed by atoms with Gasteiger partial charge in [-0.3, -0.25) is 0 Å². The first-order valence-electron chi connectivity index (χ1n) is 6.94. The van der Waals surface area contributed by atoms with Crippen molar-refractivity contribution in [3.05, 3.63) is 46.0 Å². The van der Waals surface area contributed by atoms with E-state index >= 15 is 0 Å². The van der Waals surface area contributed by atoms with Gasteiger partial charge in [0.2, 0.25) is 0 Å². The molecule has 0 aliphatic carbocycles. The van der Waals surface area contributed by atoms with Crippen molar-refractivity contribution in [2.45, 2.75) is 13.3 Å². The lowest BCUT2D eigenvalue weighted by atomic mass is 9.89. The second-order valence-electron chi connectivity index (χ2n) is 5.09. The molecule has 0 radical (unpaired) electrons. The molecule has 0 saturated carbocycles. The molecule has 10 nitrogen and oxygen atoms in total. The minimum atomic E-state index is -1.76. The Hall–Kier alpha value is -3.69. The molecule has 1 rings (SSSR count). The van der Waals surface area contributed by atoms with Gasteiger partial charge in [0.25, 0.3) is 0 Å². The van der Waals surface area contributed by atoms with E-state index in [0.717, 1.165) is 0 Å². The summed E-state index contributed by atoms with van der Waals surface area (Å²) in [7, 11) is 0. The van der Waals surface area contributed by atoms with Crippen molar-refractivity contribution < 1.29 is 49.1 Å². The largest absolute Gasteiger partial charge is 0.478 e. The number of benzene rings is 1. The molecule has 0 atom stereocenters. The van der Waals surface area contributed by atoms with Gasteiger partial charge in [0.15, 0.2) is 0 Å². The first-order chi connectivity index (χ1) is 12.0. The summed E-state index contributed by atoms with van der Waals surface area (Å²) in [5.41, 5.74) is -4.08. The van der Waals surface area contributed by atoms with E-state index in [2.05, 4.69) is 6.58 Å². The Labute approximate surface area is 145 Å². The Balaban J connectivity index is 3.64. The molecule has 0 aromatic heterocycles. The number of rotatable bonds is 8. The van der Waals surface area contributed by atoms with Crippen molar-refractivity contribution >= 4 is 29.8 Å². The van der Waals surface area contributed by atoms with Gasteiger partial charge in [-0.25, -0.2) is 24.0 Å². The third-order valence-corrected chi connectivity index (χ3v) is 3.25. The fourth-order valence-corrected chi connectivity index (χ4v) is 2.18. The molecule has 26 heavy (non-hydrogen) atoms. The molecule has 0 unspecified atom stereocenters. The average molecular weight is 366 g/mol. The molecule has 0 saturated heterocycles. The van der Waals surface area contributed by atoms with Crippen molar-refractivity contribution in [1.82, 2.24) is 0 Å². The van der Waals surface area contributed by atoms with Crippen LogP contribution in [0.1, 0.15) is 53.9 Å². The normalized spacial score (nSPS) is 10.0. The van der Waals surface area contributed by atoms with Gasteiger partial charge in [-0.05, 0) is 18.6 Å². The summed E-state index contributed by atoms with van der Waals surface area (Å²) in [5, 5.41) is 36.9. The molecular formula is C16H14O10. The van der Waals surface area contributed by atoms with Gasteiger partial charge in [-0.15, -0.1) is 0 Å². The van der Waals surface area contributed by atoms with E-state index in [1.165, 1.54) is 6.92 Å². The number of esters is 1. The van der Waals surface area contributed by atoms with Crippen LogP contribution in [-0.2, 0) is 16.0 Å². The maximum absolute atomic E-state index is 11.5. The Morgan fingerprint density at radius 3 is 1.62 bits per heavy atom. The summed E-state index contributed by atoms with van der Waals surface area (Å²) in [4.78, 5) is 57.0. The number of carbonyl (C=O) groups excluding carboxylic acids is 1. The Morgan fingerprint density at radius 1 is 0.885 bits per heavy atom. The van der Waals surface area contributed by atoms with Gasteiger partial charge in [0.05, 0.1) is 28.9 Å². The standard InChI is InChI=1S/C16H14O10/c1-6(2)16(25)26-4-3-7-10(14(21)22)8(12(17)18)5-9(13(19)20)11(7)15(23)24/h5H,1,3-4H2,2H3,(H,17,18)(H,19,20)(H,21,22)(H,23,24).